The number of imidazole rings is 1. The van der Waals surface area contributed by atoms with E-state index in [1.165, 1.54) is 11.5 Å². The monoisotopic (exact) mass is 167 g/mol. The van der Waals surface area contributed by atoms with Crippen LogP contribution in [0.2, 0.25) is 0 Å². The molecule has 0 saturated carbocycles. The maximum Gasteiger partial charge on any atom is 0.258 e. The van der Waals surface area contributed by atoms with Crippen LogP contribution in [0.3, 0.4) is 0 Å². The zero-order valence-corrected chi connectivity index (χ0v) is 7.87. The molecule has 1 saturated heterocycles. The van der Waals surface area contributed by atoms with Gasteiger partial charge in [-0.25, -0.2) is 9.13 Å². The minimum atomic E-state index is 0.476. The fraction of sp³-hybridized carbons (Fsp3) is 0.667. The van der Waals surface area contributed by atoms with Crippen LogP contribution in [0.25, 0.3) is 0 Å². The highest BCUT2D eigenvalue weighted by Crippen LogP contribution is 2.14. The van der Waals surface area contributed by atoms with Crippen molar-refractivity contribution in [3.8, 4) is 0 Å². The van der Waals surface area contributed by atoms with Gasteiger partial charge in [-0.1, -0.05) is 0 Å². The van der Waals surface area contributed by atoms with Crippen molar-refractivity contribution in [2.45, 2.75) is 19.4 Å². The van der Waals surface area contributed by atoms with Crippen LogP contribution in [0.4, 0.5) is 0 Å². The second-order valence-corrected chi connectivity index (χ2v) is 3.52. The van der Waals surface area contributed by atoms with E-state index in [0.29, 0.717) is 6.10 Å². The highest BCUT2D eigenvalue weighted by atomic mass is 16.6. The summed E-state index contributed by atoms with van der Waals surface area (Å²) in [5.41, 5.74) is 1.30. The summed E-state index contributed by atoms with van der Waals surface area (Å²) in [7, 11) is 4.19. The molecule has 1 aliphatic heterocycles. The smallest absolute Gasteiger partial charge is 0.258 e. The molecule has 3 nitrogen and oxygen atoms in total. The normalized spacial score (nSPS) is 21.4. The molecule has 2 rings (SSSR count). The van der Waals surface area contributed by atoms with Gasteiger partial charge in [0.1, 0.15) is 11.9 Å². The molecule has 3 heteroatoms. The molecule has 0 radical (unpaired) electrons. The van der Waals surface area contributed by atoms with Crippen molar-refractivity contribution >= 4 is 0 Å². The standard InChI is InChI=1S/C9H15N2O/c1-7-5-10(2)9(11(7)3)4-8-6-12-8/h5,8H,4,6H2,1-3H3/q+1. The average molecular weight is 167 g/mol. The third-order valence-electron chi connectivity index (χ3n) is 2.52. The van der Waals surface area contributed by atoms with Crippen molar-refractivity contribution < 1.29 is 9.30 Å². The lowest BCUT2D eigenvalue weighted by molar-refractivity contribution is -0.679. The molecule has 0 aromatic carbocycles. The Bertz CT molecular complexity index is 300. The molecule has 12 heavy (non-hydrogen) atoms. The Kier molecular flexibility index (Phi) is 1.68. The fourth-order valence-electron chi connectivity index (χ4n) is 1.55. The molecular formula is C9H15N2O+. The first-order valence-electron chi connectivity index (χ1n) is 4.31. The Morgan fingerprint density at radius 1 is 1.75 bits per heavy atom. The minimum Gasteiger partial charge on any atom is -0.372 e. The van der Waals surface area contributed by atoms with E-state index in [9.17, 15) is 0 Å². The van der Waals surface area contributed by atoms with Crippen LogP contribution >= 0.6 is 0 Å². The first-order valence-corrected chi connectivity index (χ1v) is 4.31. The van der Waals surface area contributed by atoms with Gasteiger partial charge >= 0.3 is 0 Å². The Morgan fingerprint density at radius 2 is 2.42 bits per heavy atom. The summed E-state index contributed by atoms with van der Waals surface area (Å²) >= 11 is 0. The van der Waals surface area contributed by atoms with Crippen LogP contribution in [-0.4, -0.2) is 17.3 Å². The molecule has 1 aromatic rings. The predicted octanol–water partition coefficient (Wildman–Crippen LogP) is 0.0993. The van der Waals surface area contributed by atoms with Crippen LogP contribution < -0.4 is 4.57 Å². The highest BCUT2D eigenvalue weighted by molar-refractivity contribution is 4.97. The Morgan fingerprint density at radius 3 is 2.83 bits per heavy atom. The van der Waals surface area contributed by atoms with Gasteiger partial charge in [-0.05, 0) is 0 Å². The molecule has 1 unspecified atom stereocenters. The lowest BCUT2D eigenvalue weighted by atomic mass is 10.3. The van der Waals surface area contributed by atoms with Gasteiger partial charge in [0.15, 0.2) is 0 Å². The van der Waals surface area contributed by atoms with E-state index in [1.54, 1.807) is 0 Å². The van der Waals surface area contributed by atoms with E-state index in [0.717, 1.165) is 13.0 Å². The quantitative estimate of drug-likeness (QED) is 0.452. The molecule has 66 valence electrons. The minimum absolute atomic E-state index is 0.476. The fourth-order valence-corrected chi connectivity index (χ4v) is 1.55. The Hall–Kier alpha value is -0.830. The molecule has 1 aliphatic rings. The van der Waals surface area contributed by atoms with Gasteiger partial charge in [0.25, 0.3) is 5.82 Å². The first-order chi connectivity index (χ1) is 5.68. The number of hydrogen-bond acceptors (Lipinski definition) is 1. The average Bonchev–Trinajstić information content (AvgIpc) is 2.77. The summed E-state index contributed by atoms with van der Waals surface area (Å²) in [5.74, 6) is 1.34. The highest BCUT2D eigenvalue weighted by Gasteiger charge is 2.29. The second-order valence-electron chi connectivity index (χ2n) is 3.52. The first kappa shape index (κ1) is 7.80. The van der Waals surface area contributed by atoms with Gasteiger partial charge in [0, 0.05) is 6.92 Å². The number of hydrogen-bond donors (Lipinski definition) is 0. The van der Waals surface area contributed by atoms with Crippen LogP contribution in [0.5, 0.6) is 0 Å². The lowest BCUT2D eigenvalue weighted by Crippen LogP contribution is -2.32. The van der Waals surface area contributed by atoms with Gasteiger partial charge in [-0.15, -0.1) is 0 Å². The number of rotatable bonds is 2. The van der Waals surface area contributed by atoms with Gasteiger partial charge in [-0.3, -0.25) is 0 Å². The number of aromatic nitrogens is 2. The van der Waals surface area contributed by atoms with Gasteiger partial charge in [0.05, 0.1) is 33.2 Å². The van der Waals surface area contributed by atoms with E-state index in [1.807, 2.05) is 0 Å². The van der Waals surface area contributed by atoms with Crippen LogP contribution in [0.15, 0.2) is 6.20 Å². The predicted molar refractivity (Wildman–Crippen MR) is 44.8 cm³/mol. The molecule has 1 aromatic heterocycles. The SMILES string of the molecule is Cc1c[n+](C)c(CC2CO2)n1C. The number of ether oxygens (including phenoxy) is 1. The summed E-state index contributed by atoms with van der Waals surface area (Å²) in [6.45, 7) is 3.06. The molecule has 0 amide bonds. The zero-order valence-electron chi connectivity index (χ0n) is 7.87. The third kappa shape index (κ3) is 1.25. The lowest BCUT2D eigenvalue weighted by Gasteiger charge is -1.94. The van der Waals surface area contributed by atoms with Crippen molar-refractivity contribution in [3.63, 3.8) is 0 Å². The zero-order chi connectivity index (χ0) is 8.72. The van der Waals surface area contributed by atoms with Crippen molar-refractivity contribution in [2.24, 2.45) is 14.1 Å². The summed E-state index contributed by atoms with van der Waals surface area (Å²) in [4.78, 5) is 0. The summed E-state index contributed by atoms with van der Waals surface area (Å²) in [5, 5.41) is 0. The van der Waals surface area contributed by atoms with Crippen molar-refractivity contribution in [3.05, 3.63) is 17.7 Å². The van der Waals surface area contributed by atoms with E-state index < -0.39 is 0 Å². The Labute approximate surface area is 72.6 Å². The second kappa shape index (κ2) is 2.59. The molecule has 0 N–H and O–H groups in total. The number of nitrogens with zero attached hydrogens (tertiary/aromatic N) is 2. The molecule has 0 aliphatic carbocycles. The third-order valence-corrected chi connectivity index (χ3v) is 2.52. The summed E-state index contributed by atoms with van der Waals surface area (Å²) in [6.07, 6.45) is 3.67. The molecule has 0 bridgehead atoms. The van der Waals surface area contributed by atoms with Crippen molar-refractivity contribution in [1.82, 2.24) is 4.57 Å². The van der Waals surface area contributed by atoms with Gasteiger partial charge < -0.3 is 4.74 Å². The topological polar surface area (TPSA) is 21.3 Å². The van der Waals surface area contributed by atoms with Crippen LogP contribution in [0.1, 0.15) is 11.5 Å². The van der Waals surface area contributed by atoms with Crippen LogP contribution in [-0.2, 0) is 25.3 Å². The molecule has 1 atom stereocenters. The largest absolute Gasteiger partial charge is 0.372 e. The van der Waals surface area contributed by atoms with E-state index in [-0.39, 0.29) is 0 Å². The van der Waals surface area contributed by atoms with Gasteiger partial charge in [-0.2, -0.15) is 0 Å². The molecule has 2 heterocycles. The van der Waals surface area contributed by atoms with E-state index >= 15 is 0 Å². The number of aryl methyl sites for hydroxylation is 2. The van der Waals surface area contributed by atoms with E-state index in [4.69, 9.17) is 4.74 Å². The molecule has 0 spiro atoms. The Balaban J connectivity index is 2.26. The van der Waals surface area contributed by atoms with Crippen molar-refractivity contribution in [1.29, 1.82) is 0 Å². The number of epoxide rings is 1. The molecular weight excluding hydrogens is 152 g/mol. The van der Waals surface area contributed by atoms with Gasteiger partial charge in [0.2, 0.25) is 0 Å². The summed E-state index contributed by atoms with van der Waals surface area (Å²) in [6, 6.07) is 0. The summed E-state index contributed by atoms with van der Waals surface area (Å²) < 4.78 is 9.61. The van der Waals surface area contributed by atoms with E-state index in [2.05, 4.69) is 36.4 Å². The van der Waals surface area contributed by atoms with Crippen LogP contribution in [0, 0.1) is 6.92 Å². The molecule has 1 fully saturated rings. The van der Waals surface area contributed by atoms with Crippen molar-refractivity contribution in [2.75, 3.05) is 6.61 Å². The maximum absolute atomic E-state index is 5.21. The maximum atomic E-state index is 5.21.